The van der Waals surface area contributed by atoms with Crippen molar-refractivity contribution in [3.8, 4) is 39.1 Å². The molecule has 8 aromatic carbocycles. The Balaban J connectivity index is 1.20. The molecule has 2 aromatic heterocycles. The van der Waals surface area contributed by atoms with E-state index in [1.54, 1.807) is 0 Å². The van der Waals surface area contributed by atoms with E-state index in [-0.39, 0.29) is 0 Å². The number of hydrogen-bond acceptors (Lipinski definition) is 2. The quantitative estimate of drug-likeness (QED) is 0.182. The van der Waals surface area contributed by atoms with E-state index in [1.165, 1.54) is 86.7 Å². The highest BCUT2D eigenvalue weighted by atomic mass is 32.1. The van der Waals surface area contributed by atoms with Crippen LogP contribution in [0.25, 0.3) is 81.0 Å². The minimum atomic E-state index is 1.14. The van der Waals surface area contributed by atoms with Crippen LogP contribution in [-0.2, 0) is 0 Å². The predicted octanol–water partition coefficient (Wildman–Crippen LogP) is 13.9. The van der Waals surface area contributed by atoms with E-state index in [0.29, 0.717) is 0 Å². The molecule has 2 nitrogen and oxygen atoms in total. The van der Waals surface area contributed by atoms with E-state index in [2.05, 4.69) is 191 Å². The molecule has 0 aliphatic carbocycles. The molecule has 0 amide bonds. The fraction of sp³-hybridized carbons (Fsp3) is 0. The highest BCUT2D eigenvalue weighted by Gasteiger charge is 2.29. The Bertz CT molecular complexity index is 2980. The van der Waals surface area contributed by atoms with E-state index < -0.39 is 0 Å². The fourth-order valence-corrected chi connectivity index (χ4v) is 9.40. The molecule has 0 atom stereocenters. The number of aromatic nitrogens is 1. The zero-order chi connectivity index (χ0) is 33.5. The summed E-state index contributed by atoms with van der Waals surface area (Å²) in [6, 6.07) is 66.8. The minimum absolute atomic E-state index is 1.14. The zero-order valence-electron chi connectivity index (χ0n) is 27.6. The monoisotopic (exact) mass is 666 g/mol. The summed E-state index contributed by atoms with van der Waals surface area (Å²) >= 11 is 1.86. The van der Waals surface area contributed by atoms with Gasteiger partial charge in [0, 0.05) is 53.4 Å². The van der Waals surface area contributed by atoms with Gasteiger partial charge >= 0.3 is 0 Å². The van der Waals surface area contributed by atoms with Crippen molar-refractivity contribution in [2.45, 2.75) is 0 Å². The summed E-state index contributed by atoms with van der Waals surface area (Å²) in [5.74, 6) is 0. The molecule has 0 saturated heterocycles. The lowest BCUT2D eigenvalue weighted by atomic mass is 9.93. The lowest BCUT2D eigenvalue weighted by Gasteiger charge is -2.28. The lowest BCUT2D eigenvalue weighted by Crippen LogP contribution is -2.11. The Labute approximate surface area is 299 Å². The van der Waals surface area contributed by atoms with E-state index in [1.807, 2.05) is 11.3 Å². The van der Waals surface area contributed by atoms with Crippen molar-refractivity contribution < 1.29 is 0 Å². The van der Waals surface area contributed by atoms with Gasteiger partial charge in [-0.1, -0.05) is 121 Å². The number of nitrogens with zero attached hydrogens (tertiary/aromatic N) is 2. The predicted molar refractivity (Wildman–Crippen MR) is 218 cm³/mol. The Hall–Kier alpha value is -6.42. The molecule has 51 heavy (non-hydrogen) atoms. The summed E-state index contributed by atoms with van der Waals surface area (Å²) in [6.07, 6.45) is 0. The first-order valence-corrected chi connectivity index (χ1v) is 18.3. The Kier molecular flexibility index (Phi) is 6.16. The Morgan fingerprint density at radius 3 is 1.92 bits per heavy atom. The van der Waals surface area contributed by atoms with Gasteiger partial charge in [-0.3, -0.25) is 0 Å². The first-order valence-electron chi connectivity index (χ1n) is 17.4. The molecule has 0 N–H and O–H groups in total. The number of para-hydroxylation sites is 3. The van der Waals surface area contributed by atoms with Crippen LogP contribution < -0.4 is 4.90 Å². The molecule has 3 heteroatoms. The minimum Gasteiger partial charge on any atom is -0.309 e. The van der Waals surface area contributed by atoms with Gasteiger partial charge in [0.15, 0.2) is 0 Å². The molecule has 0 bridgehead atoms. The normalized spacial score (nSPS) is 12.3. The van der Waals surface area contributed by atoms with Gasteiger partial charge in [-0.15, -0.1) is 11.3 Å². The van der Waals surface area contributed by atoms with Crippen LogP contribution in [0.4, 0.5) is 17.1 Å². The van der Waals surface area contributed by atoms with Gasteiger partial charge in [0.1, 0.15) is 0 Å². The summed E-state index contributed by atoms with van der Waals surface area (Å²) in [5, 5.41) is 5.12. The van der Waals surface area contributed by atoms with Gasteiger partial charge in [0.2, 0.25) is 0 Å². The zero-order valence-corrected chi connectivity index (χ0v) is 28.4. The summed E-state index contributed by atoms with van der Waals surface area (Å²) in [7, 11) is 0. The molecule has 0 radical (unpaired) electrons. The van der Waals surface area contributed by atoms with E-state index in [9.17, 15) is 0 Å². The first kappa shape index (κ1) is 28.4. The summed E-state index contributed by atoms with van der Waals surface area (Å²) in [5.41, 5.74) is 14.4. The number of hydrogen-bond donors (Lipinski definition) is 0. The summed E-state index contributed by atoms with van der Waals surface area (Å²) in [4.78, 5) is 2.49. The van der Waals surface area contributed by atoms with Crippen LogP contribution in [0.5, 0.6) is 0 Å². The third-order valence-electron chi connectivity index (χ3n) is 10.5. The second-order valence-electron chi connectivity index (χ2n) is 13.3. The van der Waals surface area contributed by atoms with Gasteiger partial charge in [0.25, 0.3) is 0 Å². The van der Waals surface area contributed by atoms with Crippen molar-refractivity contribution in [2.75, 3.05) is 4.90 Å². The van der Waals surface area contributed by atoms with Gasteiger partial charge in [0.05, 0.1) is 22.4 Å². The van der Waals surface area contributed by atoms with Crippen LogP contribution in [0, 0.1) is 0 Å². The molecule has 0 spiro atoms. The second-order valence-corrected chi connectivity index (χ2v) is 14.4. The number of anilines is 3. The molecule has 0 fully saturated rings. The van der Waals surface area contributed by atoms with Crippen LogP contribution in [0.3, 0.4) is 0 Å². The fourth-order valence-electron chi connectivity index (χ4n) is 8.32. The average molecular weight is 667 g/mol. The molecule has 238 valence electrons. The van der Waals surface area contributed by atoms with Gasteiger partial charge in [-0.25, -0.2) is 0 Å². The van der Waals surface area contributed by atoms with E-state index >= 15 is 0 Å². The Morgan fingerprint density at radius 2 is 1.04 bits per heavy atom. The van der Waals surface area contributed by atoms with Crippen LogP contribution in [0.15, 0.2) is 182 Å². The van der Waals surface area contributed by atoms with Crippen molar-refractivity contribution in [3.05, 3.63) is 182 Å². The summed E-state index contributed by atoms with van der Waals surface area (Å²) in [6.45, 7) is 0. The van der Waals surface area contributed by atoms with Crippen molar-refractivity contribution in [2.24, 2.45) is 0 Å². The largest absolute Gasteiger partial charge is 0.309 e. The number of benzene rings is 8. The standard InChI is InChI=1S/C48H30N2S/c1-2-14-33(15-3-1)50-42-22-9-6-19-37(42)35-17-4-5-18-36(35)39-26-27-44-47(48(39)50)40-21-7-10-23-43(40)49(44)34-16-12-13-31(29-34)32-25-28-46-41(30-32)38-20-8-11-24-45(38)51-46/h1-30H. The molecule has 1 aliphatic heterocycles. The average Bonchev–Trinajstić information content (AvgIpc) is 3.70. The van der Waals surface area contributed by atoms with Crippen molar-refractivity contribution in [1.82, 2.24) is 4.57 Å². The van der Waals surface area contributed by atoms with Crippen LogP contribution in [0.1, 0.15) is 0 Å². The molecule has 3 heterocycles. The number of rotatable bonds is 3. The third-order valence-corrected chi connectivity index (χ3v) is 11.7. The lowest BCUT2D eigenvalue weighted by molar-refractivity contribution is 1.18. The van der Waals surface area contributed by atoms with Crippen molar-refractivity contribution >= 4 is 70.4 Å². The summed E-state index contributed by atoms with van der Waals surface area (Å²) < 4.78 is 5.11. The topological polar surface area (TPSA) is 8.17 Å². The molecular formula is C48H30N2S. The maximum absolute atomic E-state index is 2.49. The third kappa shape index (κ3) is 4.22. The maximum atomic E-state index is 2.49. The number of thiophene rings is 1. The number of fused-ring (bicyclic) bond motifs is 12. The highest BCUT2D eigenvalue weighted by molar-refractivity contribution is 7.25. The van der Waals surface area contributed by atoms with Gasteiger partial charge in [-0.05, 0) is 82.9 Å². The van der Waals surface area contributed by atoms with E-state index in [0.717, 1.165) is 11.4 Å². The molecule has 10 aromatic rings. The van der Waals surface area contributed by atoms with Gasteiger partial charge < -0.3 is 9.47 Å². The molecule has 0 unspecified atom stereocenters. The molecule has 0 saturated carbocycles. The molecular weight excluding hydrogens is 637 g/mol. The van der Waals surface area contributed by atoms with Crippen LogP contribution in [-0.4, -0.2) is 4.57 Å². The molecule has 1 aliphatic rings. The van der Waals surface area contributed by atoms with Crippen LogP contribution in [0.2, 0.25) is 0 Å². The van der Waals surface area contributed by atoms with Crippen molar-refractivity contribution in [1.29, 1.82) is 0 Å². The first-order chi connectivity index (χ1) is 25.3. The molecule has 11 rings (SSSR count). The SMILES string of the molecule is c1ccc(N2c3ccccc3-c3ccccc3-c3ccc4c(c32)c2ccccc2n4-c2cccc(-c3ccc4sc5ccccc5c4c3)c2)cc1. The smallest absolute Gasteiger partial charge is 0.0640 e. The van der Waals surface area contributed by atoms with Crippen LogP contribution >= 0.6 is 11.3 Å². The van der Waals surface area contributed by atoms with E-state index in [4.69, 9.17) is 0 Å². The maximum Gasteiger partial charge on any atom is 0.0640 e. The van der Waals surface area contributed by atoms with Gasteiger partial charge in [-0.2, -0.15) is 0 Å². The highest BCUT2D eigenvalue weighted by Crippen LogP contribution is 2.54. The Morgan fingerprint density at radius 1 is 0.373 bits per heavy atom. The van der Waals surface area contributed by atoms with Crippen molar-refractivity contribution in [3.63, 3.8) is 0 Å². The second kappa shape index (κ2) is 11.0.